The smallest absolute Gasteiger partial charge is 0.154 e. The third-order valence-electron chi connectivity index (χ3n) is 6.84. The van der Waals surface area contributed by atoms with Crippen LogP contribution in [-0.2, 0) is 0 Å². The van der Waals surface area contributed by atoms with Crippen LogP contribution in [0.5, 0.6) is 0 Å². The SMILES string of the molecule is CC.Cc1c(C(C#N)=NC(C)C#N)sc2ccc(-c3ccc4c5ccccc5c5ccccc5c4c3)cc12. The Labute approximate surface area is 226 Å². The first-order valence-corrected chi connectivity index (χ1v) is 13.7. The Morgan fingerprint density at radius 1 is 0.711 bits per heavy atom. The van der Waals surface area contributed by atoms with E-state index in [0.717, 1.165) is 31.7 Å². The molecule has 1 heterocycles. The number of thiophene rings is 1. The summed E-state index contributed by atoms with van der Waals surface area (Å²) in [6, 6.07) is 34.2. The van der Waals surface area contributed by atoms with Crippen molar-refractivity contribution < 1.29 is 0 Å². The summed E-state index contributed by atoms with van der Waals surface area (Å²) in [5.41, 5.74) is 3.65. The van der Waals surface area contributed by atoms with Gasteiger partial charge in [0.2, 0.25) is 0 Å². The van der Waals surface area contributed by atoms with E-state index in [9.17, 15) is 5.26 Å². The molecule has 0 aliphatic rings. The van der Waals surface area contributed by atoms with Gasteiger partial charge < -0.3 is 0 Å². The summed E-state index contributed by atoms with van der Waals surface area (Å²) < 4.78 is 1.11. The lowest BCUT2D eigenvalue weighted by Crippen LogP contribution is -2.02. The molecule has 0 spiro atoms. The third kappa shape index (κ3) is 4.20. The van der Waals surface area contributed by atoms with E-state index in [1.54, 1.807) is 18.3 Å². The zero-order valence-corrected chi connectivity index (χ0v) is 22.7. The second kappa shape index (κ2) is 10.5. The number of hydrogen-bond donors (Lipinski definition) is 0. The Hall–Kier alpha value is -4.51. The minimum Gasteiger partial charge on any atom is -0.254 e. The van der Waals surface area contributed by atoms with E-state index >= 15 is 0 Å². The molecule has 0 saturated heterocycles. The van der Waals surface area contributed by atoms with Crippen LogP contribution in [0.1, 0.15) is 31.2 Å². The van der Waals surface area contributed by atoms with Crippen molar-refractivity contribution in [2.75, 3.05) is 0 Å². The second-order valence-electron chi connectivity index (χ2n) is 9.01. The van der Waals surface area contributed by atoms with E-state index in [4.69, 9.17) is 5.26 Å². The average Bonchev–Trinajstić information content (AvgIpc) is 3.32. The Morgan fingerprint density at radius 3 is 1.76 bits per heavy atom. The molecule has 0 amide bonds. The first kappa shape index (κ1) is 25.2. The lowest BCUT2D eigenvalue weighted by atomic mass is 9.92. The van der Waals surface area contributed by atoms with Gasteiger partial charge in [-0.1, -0.05) is 80.6 Å². The highest BCUT2D eigenvalue weighted by Crippen LogP contribution is 2.39. The summed E-state index contributed by atoms with van der Waals surface area (Å²) in [5, 5.41) is 27.5. The van der Waals surface area contributed by atoms with Crippen LogP contribution in [0.15, 0.2) is 89.9 Å². The van der Waals surface area contributed by atoms with Gasteiger partial charge in [0, 0.05) is 4.70 Å². The molecular formula is C34H27N3S. The van der Waals surface area contributed by atoms with E-state index in [0.29, 0.717) is 5.71 Å². The zero-order chi connectivity index (χ0) is 26.8. The van der Waals surface area contributed by atoms with Gasteiger partial charge in [0.15, 0.2) is 5.71 Å². The molecule has 6 rings (SSSR count). The molecule has 5 aromatic carbocycles. The molecule has 1 atom stereocenters. The average molecular weight is 510 g/mol. The van der Waals surface area contributed by atoms with Crippen molar-refractivity contribution in [3.05, 3.63) is 95.4 Å². The molecule has 6 aromatic rings. The van der Waals surface area contributed by atoms with Crippen molar-refractivity contribution in [2.45, 2.75) is 33.7 Å². The van der Waals surface area contributed by atoms with Crippen molar-refractivity contribution in [3.8, 4) is 23.3 Å². The minimum absolute atomic E-state index is 0.327. The van der Waals surface area contributed by atoms with Crippen LogP contribution in [-0.4, -0.2) is 11.8 Å². The molecule has 38 heavy (non-hydrogen) atoms. The normalized spacial score (nSPS) is 12.2. The highest BCUT2D eigenvalue weighted by atomic mass is 32.1. The van der Waals surface area contributed by atoms with Gasteiger partial charge >= 0.3 is 0 Å². The molecule has 0 N–H and O–H groups in total. The van der Waals surface area contributed by atoms with E-state index < -0.39 is 6.04 Å². The van der Waals surface area contributed by atoms with Crippen LogP contribution in [0.4, 0.5) is 0 Å². The Morgan fingerprint density at radius 2 is 1.21 bits per heavy atom. The predicted octanol–water partition coefficient (Wildman–Crippen LogP) is 9.59. The second-order valence-corrected chi connectivity index (χ2v) is 10.1. The number of aryl methyl sites for hydroxylation is 1. The van der Waals surface area contributed by atoms with Crippen molar-refractivity contribution in [1.82, 2.24) is 0 Å². The quantitative estimate of drug-likeness (QED) is 0.176. The number of nitrogens with zero attached hydrogens (tertiary/aromatic N) is 3. The molecule has 1 aromatic heterocycles. The number of aliphatic imine (C=N–C) groups is 1. The Balaban J connectivity index is 0.00000144. The van der Waals surface area contributed by atoms with Gasteiger partial charge in [0.05, 0.1) is 10.9 Å². The monoisotopic (exact) mass is 509 g/mol. The number of fused-ring (bicyclic) bond motifs is 7. The summed E-state index contributed by atoms with van der Waals surface area (Å²) >= 11 is 1.56. The van der Waals surface area contributed by atoms with Crippen molar-refractivity contribution in [2.24, 2.45) is 4.99 Å². The summed E-state index contributed by atoms with van der Waals surface area (Å²) in [7, 11) is 0. The maximum Gasteiger partial charge on any atom is 0.154 e. The van der Waals surface area contributed by atoms with Gasteiger partial charge in [-0.05, 0) is 86.4 Å². The molecule has 3 nitrogen and oxygen atoms in total. The van der Waals surface area contributed by atoms with Crippen molar-refractivity contribution >= 4 is 59.5 Å². The molecule has 184 valence electrons. The van der Waals surface area contributed by atoms with Crippen LogP contribution in [0.3, 0.4) is 0 Å². The summed E-state index contributed by atoms with van der Waals surface area (Å²) in [4.78, 5) is 5.15. The maximum atomic E-state index is 9.68. The van der Waals surface area contributed by atoms with Crippen LogP contribution < -0.4 is 0 Å². The third-order valence-corrected chi connectivity index (χ3v) is 8.12. The Kier molecular flexibility index (Phi) is 6.93. The lowest BCUT2D eigenvalue weighted by Gasteiger charge is -2.12. The van der Waals surface area contributed by atoms with Gasteiger partial charge in [0.25, 0.3) is 0 Å². The van der Waals surface area contributed by atoms with E-state index in [2.05, 4.69) is 102 Å². The summed E-state index contributed by atoms with van der Waals surface area (Å²) in [5.74, 6) is 0. The fourth-order valence-corrected chi connectivity index (χ4v) is 6.21. The van der Waals surface area contributed by atoms with Gasteiger partial charge in [0.1, 0.15) is 12.1 Å². The topological polar surface area (TPSA) is 59.9 Å². The largest absolute Gasteiger partial charge is 0.254 e. The van der Waals surface area contributed by atoms with E-state index in [1.165, 1.54) is 32.3 Å². The fourth-order valence-electron chi connectivity index (χ4n) is 5.07. The molecule has 4 heteroatoms. The first-order valence-electron chi connectivity index (χ1n) is 12.8. The van der Waals surface area contributed by atoms with Crippen LogP contribution in [0.2, 0.25) is 0 Å². The summed E-state index contributed by atoms with van der Waals surface area (Å²) in [6.07, 6.45) is 0. The fraction of sp³-hybridized carbons (Fsp3) is 0.147. The van der Waals surface area contributed by atoms with Gasteiger partial charge in [-0.2, -0.15) is 10.5 Å². The van der Waals surface area contributed by atoms with Gasteiger partial charge in [-0.15, -0.1) is 11.3 Å². The molecule has 0 aliphatic carbocycles. The number of benzene rings is 5. The zero-order valence-electron chi connectivity index (χ0n) is 21.9. The van der Waals surface area contributed by atoms with E-state index in [1.807, 2.05) is 20.8 Å². The van der Waals surface area contributed by atoms with Crippen LogP contribution >= 0.6 is 11.3 Å². The van der Waals surface area contributed by atoms with Crippen LogP contribution in [0, 0.1) is 29.6 Å². The molecule has 0 bridgehead atoms. The highest BCUT2D eigenvalue weighted by Gasteiger charge is 2.16. The molecular weight excluding hydrogens is 482 g/mol. The molecule has 1 unspecified atom stereocenters. The van der Waals surface area contributed by atoms with Crippen molar-refractivity contribution in [1.29, 1.82) is 10.5 Å². The number of rotatable bonds is 3. The van der Waals surface area contributed by atoms with Gasteiger partial charge in [-0.3, -0.25) is 4.99 Å². The molecule has 0 aliphatic heterocycles. The van der Waals surface area contributed by atoms with Crippen molar-refractivity contribution in [3.63, 3.8) is 0 Å². The highest BCUT2D eigenvalue weighted by molar-refractivity contribution is 7.21. The molecule has 0 fully saturated rings. The van der Waals surface area contributed by atoms with Crippen LogP contribution in [0.25, 0.3) is 53.5 Å². The predicted molar refractivity (Wildman–Crippen MR) is 163 cm³/mol. The lowest BCUT2D eigenvalue weighted by molar-refractivity contribution is 0.942. The Bertz CT molecular complexity index is 1910. The number of hydrogen-bond acceptors (Lipinski definition) is 4. The minimum atomic E-state index is -0.552. The summed E-state index contributed by atoms with van der Waals surface area (Å²) in [6.45, 7) is 7.73. The maximum absolute atomic E-state index is 9.68. The molecule has 0 radical (unpaired) electrons. The van der Waals surface area contributed by atoms with Gasteiger partial charge in [-0.25, -0.2) is 0 Å². The van der Waals surface area contributed by atoms with E-state index in [-0.39, 0.29) is 0 Å². The molecule has 0 saturated carbocycles. The number of nitriles is 2. The first-order chi connectivity index (χ1) is 18.6. The standard InChI is InChI=1S/C32H21N3S.C2H6/c1-19(17-33)35-30(18-34)32-20(2)28-15-22(12-14-31(28)36-32)21-11-13-27-25-9-4-3-7-23(25)24-8-5-6-10-26(24)29(27)16-21;1-2/h3-16,19H,1-2H3;1-2H3.